The number of pyridine rings is 1. The summed E-state index contributed by atoms with van der Waals surface area (Å²) in [6.07, 6.45) is 2.05. The molecule has 7 aromatic rings. The summed E-state index contributed by atoms with van der Waals surface area (Å²) in [7, 11) is 0. The van der Waals surface area contributed by atoms with Gasteiger partial charge < -0.3 is 0 Å². The Morgan fingerprint density at radius 2 is 1.32 bits per heavy atom. The van der Waals surface area contributed by atoms with E-state index in [2.05, 4.69) is 106 Å². The van der Waals surface area contributed by atoms with Crippen LogP contribution in [0.2, 0.25) is 0 Å². The van der Waals surface area contributed by atoms with Gasteiger partial charge in [0, 0.05) is 37.3 Å². The second kappa shape index (κ2) is 8.40. The normalized spacial score (nSPS) is 11.2. The van der Waals surface area contributed by atoms with E-state index in [4.69, 9.17) is 0 Å². The van der Waals surface area contributed by atoms with Gasteiger partial charge in [0.05, 0.1) is 0 Å². The van der Waals surface area contributed by atoms with Crippen molar-refractivity contribution in [3.8, 4) is 22.5 Å². The highest BCUT2D eigenvalue weighted by Crippen LogP contribution is 2.40. The Morgan fingerprint density at radius 3 is 2.18 bits per heavy atom. The predicted octanol–water partition coefficient (Wildman–Crippen LogP) is 8.61. The second-order valence-electron chi connectivity index (χ2n) is 7.98. The predicted molar refractivity (Wildman–Crippen MR) is 146 cm³/mol. The van der Waals surface area contributed by atoms with E-state index >= 15 is 0 Å². The van der Waals surface area contributed by atoms with E-state index in [0.29, 0.717) is 0 Å². The van der Waals surface area contributed by atoms with Crippen molar-refractivity contribution in [2.24, 2.45) is 0 Å². The molecule has 0 unspecified atom stereocenters. The lowest BCUT2D eigenvalue weighted by Gasteiger charge is -2.06. The van der Waals surface area contributed by atoms with Gasteiger partial charge in [0.15, 0.2) is 11.5 Å². The van der Waals surface area contributed by atoms with Crippen LogP contribution in [0, 0.1) is 0 Å². The number of benzene rings is 4. The third-order valence-electron chi connectivity index (χ3n) is 6.16. The zero-order chi connectivity index (χ0) is 23.1. The summed E-state index contributed by atoms with van der Waals surface area (Å²) < 4.78 is 4.74. The van der Waals surface area contributed by atoms with E-state index in [1.54, 1.807) is 0 Å². The lowest BCUT2D eigenvalue weighted by Crippen LogP contribution is -1.90. The first-order valence-corrected chi connectivity index (χ1v) is 12.4. The average molecular weight is 458 g/mol. The molecule has 0 aliphatic heterocycles. The molecular formula is C30H23N3S. The minimum atomic E-state index is 0.859. The molecule has 164 valence electrons. The lowest BCUT2D eigenvalue weighted by molar-refractivity contribution is 1.11. The summed E-state index contributed by atoms with van der Waals surface area (Å²) in [5.41, 5.74) is 4.43. The molecular weight excluding hydrogens is 434 g/mol. The smallest absolute Gasteiger partial charge is 0.168 e. The largest absolute Gasteiger partial charge is 0.282 e. The van der Waals surface area contributed by atoms with E-state index in [1.807, 2.05) is 37.3 Å². The molecule has 4 heteroatoms. The molecule has 0 atom stereocenters. The first-order chi connectivity index (χ1) is 16.9. The Kier molecular flexibility index (Phi) is 5.08. The second-order valence-corrected chi connectivity index (χ2v) is 9.03. The van der Waals surface area contributed by atoms with Crippen molar-refractivity contribution < 1.29 is 0 Å². The Balaban J connectivity index is 0.00000106. The number of aromatic nitrogens is 3. The van der Waals surface area contributed by atoms with Gasteiger partial charge in [0.2, 0.25) is 0 Å². The topological polar surface area (TPSA) is 30.2 Å². The zero-order valence-electron chi connectivity index (χ0n) is 19.1. The van der Waals surface area contributed by atoms with Crippen LogP contribution in [0.15, 0.2) is 103 Å². The fourth-order valence-electron chi connectivity index (χ4n) is 4.59. The number of hydrogen-bond acceptors (Lipinski definition) is 3. The van der Waals surface area contributed by atoms with Crippen molar-refractivity contribution in [1.29, 1.82) is 0 Å². The van der Waals surface area contributed by atoms with E-state index < -0.39 is 0 Å². The number of fused-ring (bicyclic) bond motifs is 6. The quantitative estimate of drug-likeness (QED) is 0.260. The minimum absolute atomic E-state index is 0.859. The van der Waals surface area contributed by atoms with Crippen molar-refractivity contribution in [3.63, 3.8) is 0 Å². The molecule has 3 aromatic heterocycles. The Labute approximate surface area is 201 Å². The van der Waals surface area contributed by atoms with Crippen LogP contribution in [0.3, 0.4) is 0 Å². The number of rotatable bonds is 2. The molecule has 0 fully saturated rings. The molecule has 3 nitrogen and oxygen atoms in total. The Hall–Kier alpha value is -4.02. The first-order valence-electron chi connectivity index (χ1n) is 11.6. The van der Waals surface area contributed by atoms with E-state index in [-0.39, 0.29) is 0 Å². The van der Waals surface area contributed by atoms with Crippen LogP contribution >= 0.6 is 11.3 Å². The van der Waals surface area contributed by atoms with Crippen LogP contribution in [-0.2, 0) is 0 Å². The fraction of sp³-hybridized carbons (Fsp3) is 0.0667. The van der Waals surface area contributed by atoms with E-state index in [9.17, 15) is 0 Å². The molecule has 0 radical (unpaired) electrons. The minimum Gasteiger partial charge on any atom is -0.282 e. The monoisotopic (exact) mass is 457 g/mol. The Morgan fingerprint density at radius 1 is 0.618 bits per heavy atom. The van der Waals surface area contributed by atoms with Crippen LogP contribution < -0.4 is 0 Å². The third kappa shape index (κ3) is 3.18. The van der Waals surface area contributed by atoms with Gasteiger partial charge in [-0.3, -0.25) is 4.40 Å². The Bertz CT molecular complexity index is 1770. The highest BCUT2D eigenvalue weighted by Gasteiger charge is 2.13. The van der Waals surface area contributed by atoms with E-state index in [0.717, 1.165) is 22.4 Å². The maximum Gasteiger partial charge on any atom is 0.168 e. The third-order valence-corrected chi connectivity index (χ3v) is 7.38. The van der Waals surface area contributed by atoms with Crippen molar-refractivity contribution in [2.75, 3.05) is 0 Å². The van der Waals surface area contributed by atoms with Gasteiger partial charge in [-0.1, -0.05) is 98.8 Å². The summed E-state index contributed by atoms with van der Waals surface area (Å²) in [6.45, 7) is 4.00. The molecule has 0 saturated heterocycles. The van der Waals surface area contributed by atoms with Gasteiger partial charge in [-0.05, 0) is 28.6 Å². The number of hydrogen-bond donors (Lipinski definition) is 0. The van der Waals surface area contributed by atoms with Crippen molar-refractivity contribution >= 4 is 47.9 Å². The van der Waals surface area contributed by atoms with Crippen molar-refractivity contribution in [3.05, 3.63) is 103 Å². The van der Waals surface area contributed by atoms with Gasteiger partial charge in [0.25, 0.3) is 0 Å². The molecule has 0 spiro atoms. The molecule has 0 bridgehead atoms. The lowest BCUT2D eigenvalue weighted by atomic mass is 10.0. The molecule has 34 heavy (non-hydrogen) atoms. The van der Waals surface area contributed by atoms with Crippen molar-refractivity contribution in [2.45, 2.75) is 13.8 Å². The summed E-state index contributed by atoms with van der Waals surface area (Å²) in [5, 5.41) is 13.9. The molecule has 4 aromatic carbocycles. The van der Waals surface area contributed by atoms with Gasteiger partial charge in [-0.15, -0.1) is 21.5 Å². The zero-order valence-corrected chi connectivity index (χ0v) is 19.9. The van der Waals surface area contributed by atoms with Crippen LogP contribution in [0.25, 0.3) is 59.1 Å². The summed E-state index contributed by atoms with van der Waals surface area (Å²) >= 11 is 1.86. The first kappa shape index (κ1) is 20.6. The number of thiophene rings is 1. The van der Waals surface area contributed by atoms with Crippen LogP contribution in [0.1, 0.15) is 13.8 Å². The van der Waals surface area contributed by atoms with E-state index in [1.165, 1.54) is 36.7 Å². The summed E-state index contributed by atoms with van der Waals surface area (Å²) in [5.74, 6) is 0.859. The fourth-order valence-corrected chi connectivity index (χ4v) is 5.83. The summed E-state index contributed by atoms with van der Waals surface area (Å²) in [6, 6.07) is 34.3. The molecule has 0 saturated carbocycles. The maximum atomic E-state index is 4.51. The average Bonchev–Trinajstić information content (AvgIpc) is 3.52. The SMILES string of the molecule is CC.c1ccc2c(c1)ccn1c(-c3ccc(-c4cccc5c4sc4ccccc45)cc3)nnc21. The molecule has 0 aliphatic rings. The van der Waals surface area contributed by atoms with Gasteiger partial charge >= 0.3 is 0 Å². The highest BCUT2D eigenvalue weighted by molar-refractivity contribution is 7.26. The highest BCUT2D eigenvalue weighted by atomic mass is 32.1. The van der Waals surface area contributed by atoms with Crippen LogP contribution in [0.5, 0.6) is 0 Å². The standard InChI is InChI=1S/C28H17N3S.C2H6/c1-2-7-22-18(6-1)16-17-31-27(29-30-28(22)31)20-14-12-19(13-15-20)21-9-5-10-24-23-8-3-4-11-25(23)32-26(21)24;1-2/h1-17H;1-2H3. The molecule has 0 amide bonds. The maximum absolute atomic E-state index is 4.51. The molecule has 7 rings (SSSR count). The molecule has 0 N–H and O–H groups in total. The number of nitrogens with zero attached hydrogens (tertiary/aromatic N) is 3. The van der Waals surface area contributed by atoms with Crippen LogP contribution in [-0.4, -0.2) is 14.6 Å². The van der Waals surface area contributed by atoms with Crippen LogP contribution in [0.4, 0.5) is 0 Å². The van der Waals surface area contributed by atoms with Crippen molar-refractivity contribution in [1.82, 2.24) is 14.6 Å². The van der Waals surface area contributed by atoms with Gasteiger partial charge in [-0.2, -0.15) is 0 Å². The van der Waals surface area contributed by atoms with Gasteiger partial charge in [-0.25, -0.2) is 0 Å². The van der Waals surface area contributed by atoms with Gasteiger partial charge in [0.1, 0.15) is 0 Å². The molecule has 3 heterocycles. The summed E-state index contributed by atoms with van der Waals surface area (Å²) in [4.78, 5) is 0. The molecule has 0 aliphatic carbocycles.